The van der Waals surface area contributed by atoms with Crippen LogP contribution in [0.4, 0.5) is 15.9 Å². The largest absolute Gasteiger partial charge is 0.369 e. The van der Waals surface area contributed by atoms with E-state index >= 15 is 0 Å². The molecule has 25 heavy (non-hydrogen) atoms. The Kier molecular flexibility index (Phi) is 4.92. The summed E-state index contributed by atoms with van der Waals surface area (Å²) in [5.41, 5.74) is 6.25. The zero-order valence-corrected chi connectivity index (χ0v) is 13.6. The zero-order chi connectivity index (χ0) is 17.8. The predicted octanol–water partition coefficient (Wildman–Crippen LogP) is 2.30. The van der Waals surface area contributed by atoms with Crippen molar-refractivity contribution in [2.75, 3.05) is 18.4 Å². The number of primary amides is 1. The van der Waals surface area contributed by atoms with Crippen LogP contribution >= 0.6 is 0 Å². The van der Waals surface area contributed by atoms with Gasteiger partial charge in [0.25, 0.3) is 5.91 Å². The summed E-state index contributed by atoms with van der Waals surface area (Å²) in [6.45, 7) is 0.946. The fraction of sp³-hybridized carbons (Fsp3) is 0.278. The van der Waals surface area contributed by atoms with E-state index in [1.54, 1.807) is 35.4 Å². The van der Waals surface area contributed by atoms with Gasteiger partial charge in [0, 0.05) is 30.9 Å². The molecule has 3 rings (SSSR count). The molecule has 6 nitrogen and oxygen atoms in total. The molecular formula is C18H19FN4O2. The normalized spacial score (nSPS) is 15.0. The van der Waals surface area contributed by atoms with E-state index in [-0.39, 0.29) is 23.5 Å². The number of carbonyl (C=O) groups is 2. The highest BCUT2D eigenvalue weighted by molar-refractivity contribution is 5.99. The van der Waals surface area contributed by atoms with Crippen molar-refractivity contribution in [2.45, 2.75) is 12.8 Å². The molecule has 1 aromatic heterocycles. The maximum absolute atomic E-state index is 13.3. The fourth-order valence-electron chi connectivity index (χ4n) is 2.92. The van der Waals surface area contributed by atoms with Gasteiger partial charge in [-0.15, -0.1) is 0 Å². The van der Waals surface area contributed by atoms with Crippen LogP contribution < -0.4 is 11.1 Å². The second-order valence-electron chi connectivity index (χ2n) is 6.00. The maximum Gasteiger partial charge on any atom is 0.257 e. The third-order valence-corrected chi connectivity index (χ3v) is 4.31. The first-order valence-corrected chi connectivity index (χ1v) is 8.11. The third kappa shape index (κ3) is 3.93. The van der Waals surface area contributed by atoms with Crippen molar-refractivity contribution >= 4 is 23.3 Å². The van der Waals surface area contributed by atoms with Crippen LogP contribution in [0.5, 0.6) is 0 Å². The number of aromatic nitrogens is 1. The van der Waals surface area contributed by atoms with Gasteiger partial charge in [0.15, 0.2) is 0 Å². The molecule has 0 bridgehead atoms. The number of carbonyl (C=O) groups excluding carboxylic acids is 2. The standard InChI is InChI=1S/C18H19FN4O2/c19-13-3-1-4-14(11-13)22-17-15(5-2-8-21-17)18(25)23-9-6-12(7-10-23)16(20)24/h1-5,8,11-12H,6-7,9-10H2,(H2,20,24)(H,21,22). The molecule has 0 atom stereocenters. The van der Waals surface area contributed by atoms with Gasteiger partial charge in [-0.05, 0) is 43.2 Å². The van der Waals surface area contributed by atoms with Crippen LogP contribution in [0.15, 0.2) is 42.6 Å². The van der Waals surface area contributed by atoms with E-state index in [2.05, 4.69) is 10.3 Å². The molecule has 2 amide bonds. The monoisotopic (exact) mass is 342 g/mol. The summed E-state index contributed by atoms with van der Waals surface area (Å²) in [4.78, 5) is 30.0. The number of benzene rings is 1. The van der Waals surface area contributed by atoms with Crippen molar-refractivity contribution in [3.05, 3.63) is 54.0 Å². The van der Waals surface area contributed by atoms with E-state index in [0.717, 1.165) is 0 Å². The van der Waals surface area contributed by atoms with Gasteiger partial charge in [-0.3, -0.25) is 9.59 Å². The molecule has 3 N–H and O–H groups in total. The number of nitrogens with zero attached hydrogens (tertiary/aromatic N) is 2. The van der Waals surface area contributed by atoms with Gasteiger partial charge < -0.3 is 16.0 Å². The summed E-state index contributed by atoms with van der Waals surface area (Å²) in [6.07, 6.45) is 2.69. The summed E-state index contributed by atoms with van der Waals surface area (Å²) in [7, 11) is 0. The molecular weight excluding hydrogens is 323 g/mol. The van der Waals surface area contributed by atoms with Gasteiger partial charge in [0.1, 0.15) is 11.6 Å². The molecule has 0 saturated carbocycles. The first-order chi connectivity index (χ1) is 12.0. The second-order valence-corrected chi connectivity index (χ2v) is 6.00. The molecule has 0 unspecified atom stereocenters. The fourth-order valence-corrected chi connectivity index (χ4v) is 2.92. The Morgan fingerprint density at radius 2 is 1.96 bits per heavy atom. The summed E-state index contributed by atoms with van der Waals surface area (Å²) in [5.74, 6) is -0.669. The van der Waals surface area contributed by atoms with Crippen molar-refractivity contribution in [3.8, 4) is 0 Å². The van der Waals surface area contributed by atoms with Crippen LogP contribution in [0, 0.1) is 11.7 Å². The molecule has 130 valence electrons. The summed E-state index contributed by atoms with van der Waals surface area (Å²) in [5, 5.41) is 2.99. The van der Waals surface area contributed by atoms with Crippen molar-refractivity contribution in [1.82, 2.24) is 9.88 Å². The summed E-state index contributed by atoms with van der Waals surface area (Å²) >= 11 is 0. The van der Waals surface area contributed by atoms with E-state index in [1.807, 2.05) is 0 Å². The number of amides is 2. The Labute approximate surface area is 144 Å². The van der Waals surface area contributed by atoms with Gasteiger partial charge >= 0.3 is 0 Å². The number of anilines is 2. The molecule has 1 aliphatic rings. The Morgan fingerprint density at radius 1 is 1.20 bits per heavy atom. The lowest BCUT2D eigenvalue weighted by Crippen LogP contribution is -2.41. The summed E-state index contributed by atoms with van der Waals surface area (Å²) in [6, 6.07) is 9.32. The molecule has 0 radical (unpaired) electrons. The number of hydrogen-bond donors (Lipinski definition) is 2. The average molecular weight is 342 g/mol. The van der Waals surface area contributed by atoms with Gasteiger partial charge in [0.2, 0.25) is 5.91 Å². The molecule has 0 aliphatic carbocycles. The van der Waals surface area contributed by atoms with Crippen LogP contribution in [-0.4, -0.2) is 34.8 Å². The Bertz CT molecular complexity index is 788. The SMILES string of the molecule is NC(=O)C1CCN(C(=O)c2cccnc2Nc2cccc(F)c2)CC1. The van der Waals surface area contributed by atoms with Gasteiger partial charge in [0.05, 0.1) is 5.56 Å². The lowest BCUT2D eigenvalue weighted by molar-refractivity contribution is -0.123. The second kappa shape index (κ2) is 7.29. The lowest BCUT2D eigenvalue weighted by Gasteiger charge is -2.31. The minimum Gasteiger partial charge on any atom is -0.369 e. The van der Waals surface area contributed by atoms with E-state index < -0.39 is 0 Å². The molecule has 7 heteroatoms. The minimum absolute atomic E-state index is 0.171. The Hall–Kier alpha value is -2.96. The van der Waals surface area contributed by atoms with E-state index in [4.69, 9.17) is 5.73 Å². The lowest BCUT2D eigenvalue weighted by atomic mass is 9.96. The van der Waals surface area contributed by atoms with E-state index in [0.29, 0.717) is 43.0 Å². The zero-order valence-electron chi connectivity index (χ0n) is 13.6. The van der Waals surface area contributed by atoms with E-state index in [9.17, 15) is 14.0 Å². The number of nitrogens with one attached hydrogen (secondary N) is 1. The highest BCUT2D eigenvalue weighted by atomic mass is 19.1. The van der Waals surface area contributed by atoms with Crippen LogP contribution in [0.25, 0.3) is 0 Å². The average Bonchev–Trinajstić information content (AvgIpc) is 2.62. The number of likely N-dealkylation sites (tertiary alicyclic amines) is 1. The minimum atomic E-state index is -0.373. The number of nitrogens with two attached hydrogens (primary N) is 1. The first kappa shape index (κ1) is 16.9. The first-order valence-electron chi connectivity index (χ1n) is 8.11. The topological polar surface area (TPSA) is 88.3 Å². The molecule has 0 spiro atoms. The third-order valence-electron chi connectivity index (χ3n) is 4.31. The van der Waals surface area contributed by atoms with Crippen LogP contribution in [0.2, 0.25) is 0 Å². The molecule has 1 fully saturated rings. The smallest absolute Gasteiger partial charge is 0.257 e. The van der Waals surface area contributed by atoms with Crippen molar-refractivity contribution in [2.24, 2.45) is 11.7 Å². The Balaban J connectivity index is 1.76. The van der Waals surface area contributed by atoms with Crippen molar-refractivity contribution in [3.63, 3.8) is 0 Å². The van der Waals surface area contributed by atoms with Crippen molar-refractivity contribution in [1.29, 1.82) is 0 Å². The van der Waals surface area contributed by atoms with E-state index in [1.165, 1.54) is 12.1 Å². The van der Waals surface area contributed by atoms with Gasteiger partial charge in [-0.25, -0.2) is 9.37 Å². The molecule has 1 saturated heterocycles. The molecule has 1 aliphatic heterocycles. The number of rotatable bonds is 4. The number of hydrogen-bond acceptors (Lipinski definition) is 4. The van der Waals surface area contributed by atoms with Crippen LogP contribution in [-0.2, 0) is 4.79 Å². The van der Waals surface area contributed by atoms with Gasteiger partial charge in [-0.1, -0.05) is 6.07 Å². The van der Waals surface area contributed by atoms with Gasteiger partial charge in [-0.2, -0.15) is 0 Å². The number of halogens is 1. The maximum atomic E-state index is 13.3. The highest BCUT2D eigenvalue weighted by Gasteiger charge is 2.27. The van der Waals surface area contributed by atoms with Crippen LogP contribution in [0.3, 0.4) is 0 Å². The molecule has 2 aromatic rings. The predicted molar refractivity (Wildman–Crippen MR) is 91.7 cm³/mol. The highest BCUT2D eigenvalue weighted by Crippen LogP contribution is 2.23. The molecule has 2 heterocycles. The number of pyridine rings is 1. The number of piperidine rings is 1. The summed E-state index contributed by atoms with van der Waals surface area (Å²) < 4.78 is 13.3. The van der Waals surface area contributed by atoms with Crippen LogP contribution in [0.1, 0.15) is 23.2 Å². The Morgan fingerprint density at radius 3 is 2.64 bits per heavy atom. The molecule has 1 aromatic carbocycles. The quantitative estimate of drug-likeness (QED) is 0.892. The van der Waals surface area contributed by atoms with Crippen molar-refractivity contribution < 1.29 is 14.0 Å².